The third-order valence-corrected chi connectivity index (χ3v) is 4.16. The smallest absolute Gasteiger partial charge is 0.130 e. The standard InChI is InChI=1S/2C13H22O/c2*1-11(2)7-5-8-12(3)9-6-10-13(4)14/h2*7,9H,5-6,8,10H2,1-4H3/b2*12-9+. The van der Waals surface area contributed by atoms with E-state index in [4.69, 9.17) is 0 Å². The summed E-state index contributed by atoms with van der Waals surface area (Å²) in [5.74, 6) is 0.552. The Bertz CT molecular complexity index is 511. The summed E-state index contributed by atoms with van der Waals surface area (Å²) in [4.78, 5) is 21.4. The lowest BCUT2D eigenvalue weighted by atomic mass is 10.1. The van der Waals surface area contributed by atoms with E-state index in [-0.39, 0.29) is 11.6 Å². The Morgan fingerprint density at radius 3 is 1.00 bits per heavy atom. The van der Waals surface area contributed by atoms with Crippen molar-refractivity contribution < 1.29 is 9.59 Å². The molecule has 0 aromatic carbocycles. The van der Waals surface area contributed by atoms with Gasteiger partial charge in [-0.2, -0.15) is 0 Å². The van der Waals surface area contributed by atoms with Gasteiger partial charge in [-0.15, -0.1) is 0 Å². The first-order valence-electron chi connectivity index (χ1n) is 10.6. The van der Waals surface area contributed by atoms with Crippen molar-refractivity contribution in [2.75, 3.05) is 0 Å². The number of allylic oxidation sites excluding steroid dienone is 8. The molecule has 28 heavy (non-hydrogen) atoms. The largest absolute Gasteiger partial charge is 0.300 e. The van der Waals surface area contributed by atoms with Crippen LogP contribution in [0.2, 0.25) is 0 Å². The Morgan fingerprint density at radius 1 is 0.464 bits per heavy atom. The molecule has 0 amide bonds. The molecule has 0 saturated carbocycles. The van der Waals surface area contributed by atoms with Crippen LogP contribution in [0.1, 0.15) is 107 Å². The van der Waals surface area contributed by atoms with Gasteiger partial charge in [0.05, 0.1) is 0 Å². The molecular formula is C26H44O2. The highest BCUT2D eigenvalue weighted by molar-refractivity contribution is 5.75. The number of carbonyl (C=O) groups excluding carboxylic acids is 2. The first-order chi connectivity index (χ1) is 13.0. The average Bonchev–Trinajstić information content (AvgIpc) is 2.54. The number of rotatable bonds is 12. The van der Waals surface area contributed by atoms with Crippen LogP contribution in [-0.4, -0.2) is 11.6 Å². The Morgan fingerprint density at radius 2 is 0.750 bits per heavy atom. The molecule has 2 heteroatoms. The van der Waals surface area contributed by atoms with E-state index in [1.807, 2.05) is 0 Å². The second-order valence-electron chi connectivity index (χ2n) is 8.22. The molecule has 0 fully saturated rings. The van der Waals surface area contributed by atoms with Crippen molar-refractivity contribution in [2.24, 2.45) is 0 Å². The predicted octanol–water partition coefficient (Wildman–Crippen LogP) is 8.10. The molecule has 0 spiro atoms. The summed E-state index contributed by atoms with van der Waals surface area (Å²) in [6, 6.07) is 0. The van der Waals surface area contributed by atoms with Gasteiger partial charge in [0.1, 0.15) is 11.6 Å². The average molecular weight is 389 g/mol. The molecule has 0 N–H and O–H groups in total. The molecule has 0 bridgehead atoms. The van der Waals surface area contributed by atoms with E-state index in [2.05, 4.69) is 65.8 Å². The summed E-state index contributed by atoms with van der Waals surface area (Å²) in [6.45, 7) is 16.0. The molecule has 0 rings (SSSR count). The molecule has 0 saturated heterocycles. The Hall–Kier alpha value is -1.70. The van der Waals surface area contributed by atoms with E-state index in [0.717, 1.165) is 38.5 Å². The number of hydrogen-bond donors (Lipinski definition) is 0. The van der Waals surface area contributed by atoms with Crippen molar-refractivity contribution >= 4 is 11.6 Å². The number of hydrogen-bond acceptors (Lipinski definition) is 2. The number of Topliss-reactive ketones (excluding diaryl/α,β-unsaturated/α-hetero) is 2. The van der Waals surface area contributed by atoms with Gasteiger partial charge < -0.3 is 9.59 Å². The van der Waals surface area contributed by atoms with Crippen LogP contribution in [0, 0.1) is 0 Å². The van der Waals surface area contributed by atoms with Gasteiger partial charge >= 0.3 is 0 Å². The summed E-state index contributed by atoms with van der Waals surface area (Å²) in [6.07, 6.45) is 16.5. The lowest BCUT2D eigenvalue weighted by molar-refractivity contribution is -0.117. The Kier molecular flexibility index (Phi) is 19.0. The van der Waals surface area contributed by atoms with Gasteiger partial charge in [-0.05, 0) is 93.9 Å². The van der Waals surface area contributed by atoms with E-state index in [1.54, 1.807) is 13.8 Å². The van der Waals surface area contributed by atoms with Crippen molar-refractivity contribution in [1.29, 1.82) is 0 Å². The third kappa shape index (κ3) is 26.5. The normalized spacial score (nSPS) is 11.3. The SMILES string of the molecule is CC(=O)CC/C=C(\C)CCC=C(C)C.CC(=O)CC/C=C(\C)CCC=C(C)C. The fourth-order valence-corrected chi connectivity index (χ4v) is 2.42. The minimum absolute atomic E-state index is 0.276. The topological polar surface area (TPSA) is 34.1 Å². The fraction of sp³-hybridized carbons (Fsp3) is 0.615. The van der Waals surface area contributed by atoms with Gasteiger partial charge in [0.15, 0.2) is 0 Å². The number of carbonyl (C=O) groups is 2. The second-order valence-corrected chi connectivity index (χ2v) is 8.22. The van der Waals surface area contributed by atoms with Crippen LogP contribution in [0.3, 0.4) is 0 Å². The first kappa shape index (κ1) is 28.5. The summed E-state index contributed by atoms with van der Waals surface area (Å²) in [5.41, 5.74) is 5.54. The maximum atomic E-state index is 10.7. The molecular weight excluding hydrogens is 344 g/mol. The highest BCUT2D eigenvalue weighted by atomic mass is 16.1. The molecule has 0 aromatic heterocycles. The molecule has 0 heterocycles. The van der Waals surface area contributed by atoms with Crippen LogP contribution in [-0.2, 0) is 9.59 Å². The molecule has 0 aliphatic rings. The van der Waals surface area contributed by atoms with Crippen molar-refractivity contribution in [3.05, 3.63) is 46.6 Å². The Balaban J connectivity index is 0. The highest BCUT2D eigenvalue weighted by Crippen LogP contribution is 2.09. The summed E-state index contributed by atoms with van der Waals surface area (Å²) < 4.78 is 0. The lowest BCUT2D eigenvalue weighted by Gasteiger charge is -1.98. The predicted molar refractivity (Wildman–Crippen MR) is 125 cm³/mol. The van der Waals surface area contributed by atoms with E-state index in [1.165, 1.54) is 22.3 Å². The first-order valence-corrected chi connectivity index (χ1v) is 10.6. The zero-order chi connectivity index (χ0) is 21.9. The van der Waals surface area contributed by atoms with Gasteiger partial charge in [-0.3, -0.25) is 0 Å². The molecule has 2 nitrogen and oxygen atoms in total. The maximum Gasteiger partial charge on any atom is 0.130 e. The van der Waals surface area contributed by atoms with Gasteiger partial charge in [-0.1, -0.05) is 46.6 Å². The summed E-state index contributed by atoms with van der Waals surface area (Å²) in [5, 5.41) is 0. The molecule has 0 atom stereocenters. The zero-order valence-electron chi connectivity index (χ0n) is 19.8. The van der Waals surface area contributed by atoms with Gasteiger partial charge in [0.25, 0.3) is 0 Å². The maximum absolute atomic E-state index is 10.7. The molecule has 0 aliphatic heterocycles. The minimum atomic E-state index is 0.276. The van der Waals surface area contributed by atoms with E-state index >= 15 is 0 Å². The van der Waals surface area contributed by atoms with Crippen LogP contribution in [0.4, 0.5) is 0 Å². The van der Waals surface area contributed by atoms with Crippen LogP contribution in [0.5, 0.6) is 0 Å². The van der Waals surface area contributed by atoms with Crippen LogP contribution in [0.15, 0.2) is 46.6 Å². The van der Waals surface area contributed by atoms with E-state index in [9.17, 15) is 9.59 Å². The van der Waals surface area contributed by atoms with E-state index in [0.29, 0.717) is 12.8 Å². The van der Waals surface area contributed by atoms with Gasteiger partial charge in [0, 0.05) is 12.8 Å². The summed E-state index contributed by atoms with van der Waals surface area (Å²) in [7, 11) is 0. The van der Waals surface area contributed by atoms with Crippen molar-refractivity contribution in [3.8, 4) is 0 Å². The van der Waals surface area contributed by atoms with Crippen molar-refractivity contribution in [2.45, 2.75) is 107 Å². The quantitative estimate of drug-likeness (QED) is 0.316. The molecule has 160 valence electrons. The molecule has 0 aliphatic carbocycles. The Labute approximate surface area is 174 Å². The molecule has 0 aromatic rings. The highest BCUT2D eigenvalue weighted by Gasteiger charge is 1.93. The fourth-order valence-electron chi connectivity index (χ4n) is 2.42. The zero-order valence-corrected chi connectivity index (χ0v) is 19.8. The van der Waals surface area contributed by atoms with Crippen LogP contribution >= 0.6 is 0 Å². The third-order valence-electron chi connectivity index (χ3n) is 4.16. The van der Waals surface area contributed by atoms with Crippen molar-refractivity contribution in [1.82, 2.24) is 0 Å². The van der Waals surface area contributed by atoms with Gasteiger partial charge in [0.2, 0.25) is 0 Å². The molecule has 0 unspecified atom stereocenters. The lowest BCUT2D eigenvalue weighted by Crippen LogP contribution is -1.87. The van der Waals surface area contributed by atoms with Crippen LogP contribution < -0.4 is 0 Å². The summed E-state index contributed by atoms with van der Waals surface area (Å²) >= 11 is 0. The number of ketones is 2. The van der Waals surface area contributed by atoms with Crippen LogP contribution in [0.25, 0.3) is 0 Å². The van der Waals surface area contributed by atoms with Gasteiger partial charge in [-0.25, -0.2) is 0 Å². The minimum Gasteiger partial charge on any atom is -0.300 e. The molecule has 0 radical (unpaired) electrons. The van der Waals surface area contributed by atoms with E-state index < -0.39 is 0 Å². The second kappa shape index (κ2) is 18.7. The monoisotopic (exact) mass is 388 g/mol. The van der Waals surface area contributed by atoms with Crippen molar-refractivity contribution in [3.63, 3.8) is 0 Å².